The van der Waals surface area contributed by atoms with Crippen LogP contribution in [-0.4, -0.2) is 26.4 Å². The maximum Gasteiger partial charge on any atom is 0.283 e. The quantitative estimate of drug-likeness (QED) is 0.781. The zero-order valence-corrected chi connectivity index (χ0v) is 16.5. The summed E-state index contributed by atoms with van der Waals surface area (Å²) in [6.45, 7) is 8.09. The average molecular weight is 376 g/mol. The molecular weight excluding hydrogens is 356 g/mol. The lowest BCUT2D eigenvalue weighted by Crippen LogP contribution is -2.37. The molecule has 4 rings (SSSR count). The lowest BCUT2D eigenvalue weighted by atomic mass is 10.1. The van der Waals surface area contributed by atoms with Crippen LogP contribution in [0.15, 0.2) is 52.0 Å². The molecule has 6 heteroatoms. The van der Waals surface area contributed by atoms with Crippen molar-refractivity contribution in [2.75, 3.05) is 0 Å². The number of nitrogens with zero attached hydrogens (tertiary/aromatic N) is 3. The third kappa shape index (κ3) is 2.77. The van der Waals surface area contributed by atoms with Gasteiger partial charge in [-0.25, -0.2) is 0 Å². The smallest absolute Gasteiger partial charge is 0.283 e. The van der Waals surface area contributed by atoms with Gasteiger partial charge in [-0.3, -0.25) is 15.1 Å². The number of allylic oxidation sites excluding steroid dienone is 1. The molecule has 27 heavy (non-hydrogen) atoms. The van der Waals surface area contributed by atoms with Crippen molar-refractivity contribution in [3.63, 3.8) is 0 Å². The first-order valence-electron chi connectivity index (χ1n) is 8.70. The lowest BCUT2D eigenvalue weighted by Gasteiger charge is -2.25. The van der Waals surface area contributed by atoms with Crippen molar-refractivity contribution in [3.05, 3.63) is 69.5 Å². The van der Waals surface area contributed by atoms with E-state index in [1.165, 1.54) is 17.3 Å². The summed E-state index contributed by atoms with van der Waals surface area (Å²) in [7, 11) is 0. The van der Waals surface area contributed by atoms with E-state index in [4.69, 9.17) is 5.41 Å². The third-order valence-corrected chi connectivity index (χ3v) is 5.86. The maximum absolute atomic E-state index is 12.5. The molecule has 0 atom stereocenters. The minimum absolute atomic E-state index is 0.185. The predicted octanol–water partition coefficient (Wildman–Crippen LogP) is 4.57. The number of carbonyl (C=O) groups excluding carboxylic acids is 1. The van der Waals surface area contributed by atoms with Gasteiger partial charge in [-0.05, 0) is 62.4 Å². The van der Waals surface area contributed by atoms with Gasteiger partial charge in [-0.1, -0.05) is 30.0 Å². The molecule has 1 N–H and O–H groups in total. The van der Waals surface area contributed by atoms with E-state index in [0.717, 1.165) is 28.3 Å². The molecule has 136 valence electrons. The summed E-state index contributed by atoms with van der Waals surface area (Å²) in [5.74, 6) is -0.174. The normalized spacial score (nSPS) is 18.1. The molecule has 5 nitrogen and oxygen atoms in total. The first-order chi connectivity index (χ1) is 12.9. The minimum Gasteiger partial charge on any atom is -0.318 e. The summed E-state index contributed by atoms with van der Waals surface area (Å²) in [5, 5.41) is 11.0. The van der Waals surface area contributed by atoms with Gasteiger partial charge in [-0.2, -0.15) is 4.99 Å². The van der Waals surface area contributed by atoms with E-state index >= 15 is 0 Å². The molecule has 2 aliphatic rings. The monoisotopic (exact) mass is 376 g/mol. The van der Waals surface area contributed by atoms with Crippen molar-refractivity contribution in [1.29, 1.82) is 5.41 Å². The van der Waals surface area contributed by atoms with Crippen molar-refractivity contribution in [1.82, 2.24) is 9.47 Å². The highest BCUT2D eigenvalue weighted by atomic mass is 32.2. The Kier molecular flexibility index (Phi) is 4.15. The molecule has 0 bridgehead atoms. The van der Waals surface area contributed by atoms with E-state index in [-0.39, 0.29) is 11.7 Å². The number of thioether (sulfide) groups is 1. The second-order valence-electron chi connectivity index (χ2n) is 6.77. The second-order valence-corrected chi connectivity index (χ2v) is 7.60. The number of fused-ring (bicyclic) bond motifs is 1. The molecule has 0 saturated carbocycles. The van der Waals surface area contributed by atoms with Gasteiger partial charge in [0.05, 0.1) is 5.57 Å². The van der Waals surface area contributed by atoms with Crippen LogP contribution in [0, 0.1) is 26.2 Å². The molecule has 2 aliphatic heterocycles. The van der Waals surface area contributed by atoms with Crippen molar-refractivity contribution >= 4 is 34.7 Å². The Morgan fingerprint density at radius 2 is 1.89 bits per heavy atom. The topological polar surface area (TPSA) is 61.5 Å². The lowest BCUT2D eigenvalue weighted by molar-refractivity contribution is -0.114. The number of benzene rings is 1. The zero-order valence-electron chi connectivity index (χ0n) is 15.7. The van der Waals surface area contributed by atoms with Crippen LogP contribution in [0.25, 0.3) is 11.8 Å². The summed E-state index contributed by atoms with van der Waals surface area (Å²) in [6, 6.07) is 10.3. The Bertz CT molecular complexity index is 1090. The number of amides is 1. The Hall–Kier alpha value is -2.86. The number of carbonyl (C=O) groups is 1. The molecule has 0 aliphatic carbocycles. The van der Waals surface area contributed by atoms with E-state index < -0.39 is 0 Å². The van der Waals surface area contributed by atoms with E-state index in [1.807, 2.05) is 31.4 Å². The van der Waals surface area contributed by atoms with Gasteiger partial charge in [-0.15, -0.1) is 0 Å². The van der Waals surface area contributed by atoms with Crippen LogP contribution in [-0.2, 0) is 4.79 Å². The Balaban J connectivity index is 1.81. The number of rotatable bonds is 2. The van der Waals surface area contributed by atoms with Crippen LogP contribution in [0.1, 0.15) is 29.4 Å². The summed E-state index contributed by atoms with van der Waals surface area (Å²) in [6.07, 6.45) is 1.79. The summed E-state index contributed by atoms with van der Waals surface area (Å²) in [4.78, 5) is 18.4. The van der Waals surface area contributed by atoms with Crippen LogP contribution in [0.4, 0.5) is 0 Å². The highest BCUT2D eigenvalue weighted by molar-refractivity contribution is 8.16. The first-order valence-corrected chi connectivity index (χ1v) is 9.58. The molecule has 0 spiro atoms. The van der Waals surface area contributed by atoms with Crippen LogP contribution < -0.4 is 0 Å². The SMILES string of the molecule is CC1=CSC2=NC(=O)/C(=C/c3cc(C)n(-c4ccccc4C)c3C)C(=N)N12. The Morgan fingerprint density at radius 1 is 1.15 bits per heavy atom. The molecule has 2 aromatic rings. The van der Waals surface area contributed by atoms with Gasteiger partial charge in [0.1, 0.15) is 5.84 Å². The number of hydrogen-bond acceptors (Lipinski definition) is 3. The summed E-state index contributed by atoms with van der Waals surface area (Å²) in [5.41, 5.74) is 6.58. The molecule has 3 heterocycles. The number of nitrogens with one attached hydrogen (secondary N) is 1. The number of amidine groups is 2. The number of aromatic nitrogens is 1. The molecule has 0 saturated heterocycles. The molecule has 0 fully saturated rings. The fourth-order valence-corrected chi connectivity index (χ4v) is 4.37. The van der Waals surface area contributed by atoms with Gasteiger partial charge in [0.25, 0.3) is 5.91 Å². The predicted molar refractivity (Wildman–Crippen MR) is 111 cm³/mol. The van der Waals surface area contributed by atoms with E-state index in [9.17, 15) is 4.79 Å². The summed E-state index contributed by atoms with van der Waals surface area (Å²) < 4.78 is 2.18. The largest absolute Gasteiger partial charge is 0.318 e. The van der Waals surface area contributed by atoms with Crippen LogP contribution >= 0.6 is 11.8 Å². The third-order valence-electron chi connectivity index (χ3n) is 4.91. The van der Waals surface area contributed by atoms with Crippen LogP contribution in [0.3, 0.4) is 0 Å². The standard InChI is InChI=1S/C21H20N4OS/c1-12-7-5-6-8-18(12)24-13(2)9-16(15(24)4)10-17-19(22)25-14(3)11-27-21(25)23-20(17)26/h5-11,22H,1-4H3/b17-10+,22-19?. The van der Waals surface area contributed by atoms with Gasteiger partial charge in [0.2, 0.25) is 0 Å². The number of para-hydroxylation sites is 1. The van der Waals surface area contributed by atoms with E-state index in [1.54, 1.807) is 11.0 Å². The fraction of sp³-hybridized carbons (Fsp3) is 0.190. The molecule has 1 aromatic carbocycles. The average Bonchev–Trinajstić information content (AvgIpc) is 3.12. The van der Waals surface area contributed by atoms with Crippen LogP contribution in [0.2, 0.25) is 0 Å². The van der Waals surface area contributed by atoms with Crippen molar-refractivity contribution in [2.45, 2.75) is 27.7 Å². The van der Waals surface area contributed by atoms with E-state index in [0.29, 0.717) is 10.7 Å². The Morgan fingerprint density at radius 3 is 2.63 bits per heavy atom. The molecule has 1 aromatic heterocycles. The first kappa shape index (κ1) is 17.5. The minimum atomic E-state index is -0.359. The van der Waals surface area contributed by atoms with Gasteiger partial charge >= 0.3 is 0 Å². The van der Waals surface area contributed by atoms with Crippen molar-refractivity contribution in [3.8, 4) is 5.69 Å². The highest BCUT2D eigenvalue weighted by Gasteiger charge is 2.34. The van der Waals surface area contributed by atoms with Crippen molar-refractivity contribution < 1.29 is 4.79 Å². The number of hydrogen-bond donors (Lipinski definition) is 1. The maximum atomic E-state index is 12.5. The Labute approximate surface area is 162 Å². The number of aryl methyl sites for hydroxylation is 2. The van der Waals surface area contributed by atoms with Gasteiger partial charge < -0.3 is 4.57 Å². The molecule has 0 unspecified atom stereocenters. The van der Waals surface area contributed by atoms with Crippen LogP contribution in [0.5, 0.6) is 0 Å². The zero-order chi connectivity index (χ0) is 19.3. The molecular formula is C21H20N4OS. The second kappa shape index (κ2) is 6.39. The van der Waals surface area contributed by atoms with E-state index in [2.05, 4.69) is 41.6 Å². The van der Waals surface area contributed by atoms with Crippen molar-refractivity contribution in [2.24, 2.45) is 4.99 Å². The molecule has 1 amide bonds. The summed E-state index contributed by atoms with van der Waals surface area (Å²) >= 11 is 1.38. The van der Waals surface area contributed by atoms with Gasteiger partial charge in [0.15, 0.2) is 5.17 Å². The van der Waals surface area contributed by atoms with Gasteiger partial charge in [0, 0.05) is 22.8 Å². The fourth-order valence-electron chi connectivity index (χ4n) is 3.52. The highest BCUT2D eigenvalue weighted by Crippen LogP contribution is 2.32. The number of aliphatic imine (C=N–C) groups is 1. The molecule has 0 radical (unpaired) electrons.